The number of Topliss-reactive ketones (excluding diaryl/α,β-unsaturated/α-hetero) is 1. The number of hydrogen-bond acceptors (Lipinski definition) is 3. The van der Waals surface area contributed by atoms with E-state index in [1.165, 1.54) is 0 Å². The van der Waals surface area contributed by atoms with Crippen molar-refractivity contribution < 1.29 is 14.3 Å². The van der Waals surface area contributed by atoms with Gasteiger partial charge in [-0.15, -0.1) is 0 Å². The summed E-state index contributed by atoms with van der Waals surface area (Å²) < 4.78 is 9.99. The average Bonchev–Trinajstić information content (AvgIpc) is 2.13. The molecule has 0 radical (unpaired) electrons. The van der Waals surface area contributed by atoms with Gasteiger partial charge in [0, 0.05) is 39.8 Å². The Kier molecular flexibility index (Phi) is 9.37. The first kappa shape index (κ1) is 12.6. The molecule has 0 bridgehead atoms. The van der Waals surface area contributed by atoms with E-state index in [2.05, 4.69) is 0 Å². The summed E-state index contributed by atoms with van der Waals surface area (Å²) in [5, 5.41) is 0. The summed E-state index contributed by atoms with van der Waals surface area (Å²) >= 11 is 0. The molecule has 0 heterocycles. The highest BCUT2D eigenvalue weighted by atomic mass is 16.5. The van der Waals surface area contributed by atoms with Crippen LogP contribution in [0.3, 0.4) is 0 Å². The second-order valence-electron chi connectivity index (χ2n) is 2.94. The Morgan fingerprint density at radius 3 is 2.31 bits per heavy atom. The van der Waals surface area contributed by atoms with Gasteiger partial charge in [0.05, 0.1) is 0 Å². The Morgan fingerprint density at radius 2 is 1.77 bits per heavy atom. The van der Waals surface area contributed by atoms with E-state index < -0.39 is 0 Å². The molecule has 0 saturated heterocycles. The van der Waals surface area contributed by atoms with Crippen molar-refractivity contribution in [2.75, 3.05) is 26.9 Å². The van der Waals surface area contributed by atoms with Crippen molar-refractivity contribution in [3.8, 4) is 0 Å². The number of ether oxygens (including phenoxy) is 2. The molecule has 0 aromatic heterocycles. The van der Waals surface area contributed by atoms with Crippen molar-refractivity contribution in [1.82, 2.24) is 0 Å². The summed E-state index contributed by atoms with van der Waals surface area (Å²) in [6, 6.07) is 0. The third-order valence-corrected chi connectivity index (χ3v) is 1.75. The van der Waals surface area contributed by atoms with E-state index in [0.717, 1.165) is 19.4 Å². The molecule has 0 atom stereocenters. The zero-order valence-corrected chi connectivity index (χ0v) is 8.67. The number of rotatable bonds is 9. The van der Waals surface area contributed by atoms with Gasteiger partial charge in [0.1, 0.15) is 5.78 Å². The fourth-order valence-corrected chi connectivity index (χ4v) is 1.05. The third kappa shape index (κ3) is 9.50. The Balaban J connectivity index is 3.11. The predicted octanol–water partition coefficient (Wildman–Crippen LogP) is 1.80. The zero-order valence-electron chi connectivity index (χ0n) is 8.67. The van der Waals surface area contributed by atoms with Crippen molar-refractivity contribution in [2.45, 2.75) is 32.6 Å². The highest BCUT2D eigenvalue weighted by Crippen LogP contribution is 1.99. The van der Waals surface area contributed by atoms with Gasteiger partial charge in [-0.05, 0) is 19.8 Å². The smallest absolute Gasteiger partial charge is 0.133 e. The molecule has 0 aromatic rings. The number of hydrogen-bond donors (Lipinski definition) is 0. The largest absolute Gasteiger partial charge is 0.385 e. The van der Waals surface area contributed by atoms with Gasteiger partial charge in [-0.25, -0.2) is 0 Å². The highest BCUT2D eigenvalue weighted by Gasteiger charge is 2.00. The molecule has 0 spiro atoms. The second kappa shape index (κ2) is 9.68. The molecular weight excluding hydrogens is 168 g/mol. The molecule has 0 rings (SSSR count). The first-order valence-corrected chi connectivity index (χ1v) is 4.89. The first-order valence-electron chi connectivity index (χ1n) is 4.89. The fraction of sp³-hybridized carbons (Fsp3) is 0.900. The Hall–Kier alpha value is -0.410. The van der Waals surface area contributed by atoms with Crippen LogP contribution in [0.15, 0.2) is 0 Å². The van der Waals surface area contributed by atoms with Crippen LogP contribution in [0.25, 0.3) is 0 Å². The van der Waals surface area contributed by atoms with Gasteiger partial charge in [-0.3, -0.25) is 4.79 Å². The van der Waals surface area contributed by atoms with E-state index >= 15 is 0 Å². The second-order valence-corrected chi connectivity index (χ2v) is 2.94. The molecule has 0 amide bonds. The maximum atomic E-state index is 11.2. The normalized spacial score (nSPS) is 10.3. The monoisotopic (exact) mass is 188 g/mol. The van der Waals surface area contributed by atoms with Gasteiger partial charge in [0.15, 0.2) is 0 Å². The predicted molar refractivity (Wildman–Crippen MR) is 51.8 cm³/mol. The van der Waals surface area contributed by atoms with Crippen LogP contribution in [0.1, 0.15) is 32.6 Å². The van der Waals surface area contributed by atoms with Crippen LogP contribution in [-0.2, 0) is 14.3 Å². The average molecular weight is 188 g/mol. The Morgan fingerprint density at radius 1 is 1.15 bits per heavy atom. The standard InChI is InChI=1S/C10H20O3/c1-3-13-9-5-7-10(11)6-4-8-12-2/h3-9H2,1-2H3. The summed E-state index contributed by atoms with van der Waals surface area (Å²) in [5.41, 5.74) is 0. The van der Waals surface area contributed by atoms with E-state index in [9.17, 15) is 4.79 Å². The molecule has 0 aliphatic carbocycles. The SMILES string of the molecule is CCOCCCC(=O)CCCOC. The van der Waals surface area contributed by atoms with E-state index in [-0.39, 0.29) is 0 Å². The maximum absolute atomic E-state index is 11.2. The zero-order chi connectivity index (χ0) is 9.94. The van der Waals surface area contributed by atoms with Crippen LogP contribution in [0.2, 0.25) is 0 Å². The summed E-state index contributed by atoms with van der Waals surface area (Å²) in [7, 11) is 1.65. The van der Waals surface area contributed by atoms with Crippen molar-refractivity contribution in [2.24, 2.45) is 0 Å². The maximum Gasteiger partial charge on any atom is 0.133 e. The number of carbonyl (C=O) groups is 1. The lowest BCUT2D eigenvalue weighted by Gasteiger charge is -2.01. The van der Waals surface area contributed by atoms with Crippen molar-refractivity contribution in [1.29, 1.82) is 0 Å². The van der Waals surface area contributed by atoms with Crippen molar-refractivity contribution >= 4 is 5.78 Å². The lowest BCUT2D eigenvalue weighted by Crippen LogP contribution is -2.02. The van der Waals surface area contributed by atoms with Crippen molar-refractivity contribution in [3.63, 3.8) is 0 Å². The van der Waals surface area contributed by atoms with Gasteiger partial charge in [-0.1, -0.05) is 0 Å². The van der Waals surface area contributed by atoms with E-state index in [4.69, 9.17) is 9.47 Å². The van der Waals surface area contributed by atoms with Gasteiger partial charge in [-0.2, -0.15) is 0 Å². The summed E-state index contributed by atoms with van der Waals surface area (Å²) in [5.74, 6) is 0.316. The van der Waals surface area contributed by atoms with Gasteiger partial charge in [0.2, 0.25) is 0 Å². The molecular formula is C10H20O3. The molecule has 0 saturated carbocycles. The molecule has 13 heavy (non-hydrogen) atoms. The quantitative estimate of drug-likeness (QED) is 0.517. The highest BCUT2D eigenvalue weighted by molar-refractivity contribution is 5.78. The summed E-state index contributed by atoms with van der Waals surface area (Å²) in [6.45, 7) is 4.07. The lowest BCUT2D eigenvalue weighted by molar-refractivity contribution is -0.119. The van der Waals surface area contributed by atoms with Gasteiger partial charge >= 0.3 is 0 Å². The van der Waals surface area contributed by atoms with E-state index in [1.54, 1.807) is 7.11 Å². The molecule has 78 valence electrons. The van der Waals surface area contributed by atoms with Crippen LogP contribution in [-0.4, -0.2) is 32.7 Å². The fourth-order valence-electron chi connectivity index (χ4n) is 1.05. The minimum atomic E-state index is 0.316. The van der Waals surface area contributed by atoms with Crippen LogP contribution in [0.4, 0.5) is 0 Å². The molecule has 0 aliphatic rings. The van der Waals surface area contributed by atoms with Gasteiger partial charge < -0.3 is 9.47 Å². The number of carbonyl (C=O) groups excluding carboxylic acids is 1. The topological polar surface area (TPSA) is 35.5 Å². The van der Waals surface area contributed by atoms with E-state index in [0.29, 0.717) is 31.8 Å². The first-order chi connectivity index (χ1) is 6.31. The molecule has 0 unspecified atom stereocenters. The van der Waals surface area contributed by atoms with Crippen LogP contribution in [0, 0.1) is 0 Å². The minimum Gasteiger partial charge on any atom is -0.385 e. The van der Waals surface area contributed by atoms with Crippen LogP contribution in [0.5, 0.6) is 0 Å². The molecule has 0 fully saturated rings. The Labute approximate surface area is 80.4 Å². The number of ketones is 1. The van der Waals surface area contributed by atoms with Gasteiger partial charge in [0.25, 0.3) is 0 Å². The van der Waals surface area contributed by atoms with E-state index in [1.807, 2.05) is 6.92 Å². The van der Waals surface area contributed by atoms with Crippen molar-refractivity contribution in [3.05, 3.63) is 0 Å². The van der Waals surface area contributed by atoms with Crippen LogP contribution >= 0.6 is 0 Å². The summed E-state index contributed by atoms with van der Waals surface area (Å²) in [4.78, 5) is 11.2. The molecule has 0 N–H and O–H groups in total. The minimum absolute atomic E-state index is 0.316. The molecule has 0 aromatic carbocycles. The third-order valence-electron chi connectivity index (χ3n) is 1.75. The lowest BCUT2D eigenvalue weighted by atomic mass is 10.1. The Bertz CT molecular complexity index is 123. The molecule has 3 heteroatoms. The number of methoxy groups -OCH3 is 1. The van der Waals surface area contributed by atoms with Crippen LogP contribution < -0.4 is 0 Å². The molecule has 0 aliphatic heterocycles. The molecule has 3 nitrogen and oxygen atoms in total. The summed E-state index contributed by atoms with van der Waals surface area (Å²) in [6.07, 6.45) is 2.97.